The van der Waals surface area contributed by atoms with E-state index in [-0.39, 0.29) is 19.5 Å². The van der Waals surface area contributed by atoms with E-state index in [0.29, 0.717) is 0 Å². The van der Waals surface area contributed by atoms with Gasteiger partial charge in [0.25, 0.3) is 5.92 Å². The largest absolute Gasteiger partial charge is 0.480 e. The minimum absolute atomic E-state index is 0.0541. The summed E-state index contributed by atoms with van der Waals surface area (Å²) >= 11 is 0. The van der Waals surface area contributed by atoms with Gasteiger partial charge in [-0.1, -0.05) is 0 Å². The second kappa shape index (κ2) is 5.08. The fraction of sp³-hybridized carbons (Fsp3) is 0.846. The molecule has 2 heterocycles. The fourth-order valence-electron chi connectivity index (χ4n) is 2.77. The van der Waals surface area contributed by atoms with E-state index in [0.717, 1.165) is 4.90 Å². The summed E-state index contributed by atoms with van der Waals surface area (Å²) in [6, 6.07) is -1.69. The number of fused-ring (bicyclic) bond motifs is 1. The maximum absolute atomic E-state index is 13.5. The molecule has 0 spiro atoms. The van der Waals surface area contributed by atoms with Gasteiger partial charge in [-0.2, -0.15) is 0 Å². The summed E-state index contributed by atoms with van der Waals surface area (Å²) in [4.78, 5) is 25.9. The van der Waals surface area contributed by atoms with Crippen molar-refractivity contribution in [1.29, 1.82) is 0 Å². The molecule has 1 amide bonds. The third kappa shape index (κ3) is 3.61. The molecule has 2 rings (SSSR count). The Morgan fingerprint density at radius 1 is 1.29 bits per heavy atom. The highest BCUT2D eigenvalue weighted by Gasteiger charge is 2.51. The number of hydrogen-bond acceptors (Lipinski definition) is 4. The minimum atomic E-state index is -2.84. The zero-order chi connectivity index (χ0) is 16.0. The van der Waals surface area contributed by atoms with E-state index in [1.807, 2.05) is 0 Å². The van der Waals surface area contributed by atoms with Gasteiger partial charge < -0.3 is 9.84 Å². The molecule has 2 fully saturated rings. The number of rotatable bonds is 1. The molecule has 0 radical (unpaired) electrons. The quantitative estimate of drug-likeness (QED) is 0.793. The number of carboxylic acid groups (broad SMARTS) is 1. The number of halogens is 2. The maximum Gasteiger partial charge on any atom is 0.411 e. The number of piperazine rings is 1. The van der Waals surface area contributed by atoms with E-state index in [4.69, 9.17) is 4.74 Å². The lowest BCUT2D eigenvalue weighted by Crippen LogP contribution is -2.61. The number of nitrogens with zero attached hydrogens (tertiary/aromatic N) is 2. The number of aliphatic carboxylic acids is 1. The van der Waals surface area contributed by atoms with Crippen LogP contribution >= 0.6 is 0 Å². The first-order chi connectivity index (χ1) is 9.48. The molecule has 0 bridgehead atoms. The molecule has 6 nitrogen and oxygen atoms in total. The van der Waals surface area contributed by atoms with Crippen molar-refractivity contribution < 1.29 is 28.2 Å². The van der Waals surface area contributed by atoms with Gasteiger partial charge in [0, 0.05) is 25.6 Å². The van der Waals surface area contributed by atoms with Crippen LogP contribution in [-0.2, 0) is 9.53 Å². The lowest BCUT2D eigenvalue weighted by molar-refractivity contribution is -0.146. The normalized spacial score (nSPS) is 29.1. The molecule has 8 heteroatoms. The van der Waals surface area contributed by atoms with E-state index in [9.17, 15) is 23.5 Å². The molecule has 120 valence electrons. The Hall–Kier alpha value is -1.44. The molecule has 2 saturated heterocycles. The van der Waals surface area contributed by atoms with Crippen molar-refractivity contribution in [3.05, 3.63) is 0 Å². The topological polar surface area (TPSA) is 70.1 Å². The van der Waals surface area contributed by atoms with E-state index in [1.54, 1.807) is 20.8 Å². The number of carbonyl (C=O) groups excluding carboxylic acids is 1. The van der Waals surface area contributed by atoms with Crippen LogP contribution in [0, 0.1) is 0 Å². The number of carbonyl (C=O) groups is 2. The molecule has 0 aromatic carbocycles. The molecule has 2 aliphatic heterocycles. The Kier molecular flexibility index (Phi) is 3.86. The predicted molar refractivity (Wildman–Crippen MR) is 69.3 cm³/mol. The van der Waals surface area contributed by atoms with Crippen molar-refractivity contribution in [1.82, 2.24) is 9.80 Å². The molecule has 2 atom stereocenters. The summed E-state index contributed by atoms with van der Waals surface area (Å²) in [6.45, 7) is 4.39. The molecule has 0 aliphatic carbocycles. The molecular formula is C13H20F2N2O4. The number of ether oxygens (including phenoxy) is 1. The minimum Gasteiger partial charge on any atom is -0.480 e. The van der Waals surface area contributed by atoms with Crippen LogP contribution in [0.15, 0.2) is 0 Å². The van der Waals surface area contributed by atoms with E-state index in [1.165, 1.54) is 4.90 Å². The smallest absolute Gasteiger partial charge is 0.411 e. The van der Waals surface area contributed by atoms with Crippen molar-refractivity contribution in [2.24, 2.45) is 0 Å². The van der Waals surface area contributed by atoms with Gasteiger partial charge in [0.15, 0.2) is 0 Å². The van der Waals surface area contributed by atoms with Crippen molar-refractivity contribution in [2.75, 3.05) is 19.6 Å². The second-order valence-electron chi connectivity index (χ2n) is 6.63. The van der Waals surface area contributed by atoms with Gasteiger partial charge in [-0.05, 0) is 20.8 Å². The molecule has 21 heavy (non-hydrogen) atoms. The summed E-state index contributed by atoms with van der Waals surface area (Å²) in [5, 5.41) is 9.24. The van der Waals surface area contributed by atoms with Crippen LogP contribution in [0.3, 0.4) is 0 Å². The number of amides is 1. The SMILES string of the molecule is CC(C)(C)OC(=O)N1CC2CC(F)(F)CN2CC1C(=O)O. The monoisotopic (exact) mass is 306 g/mol. The van der Waals surface area contributed by atoms with Crippen LogP contribution in [-0.4, -0.2) is 70.2 Å². The van der Waals surface area contributed by atoms with Crippen molar-refractivity contribution in [3.8, 4) is 0 Å². The Balaban J connectivity index is 2.15. The van der Waals surface area contributed by atoms with Gasteiger partial charge in [-0.15, -0.1) is 0 Å². The summed E-state index contributed by atoms with van der Waals surface area (Å²) in [5.74, 6) is -4.05. The molecule has 0 aromatic heterocycles. The third-order valence-corrected chi connectivity index (χ3v) is 3.59. The lowest BCUT2D eigenvalue weighted by atomic mass is 10.1. The second-order valence-corrected chi connectivity index (χ2v) is 6.63. The van der Waals surface area contributed by atoms with Gasteiger partial charge in [-0.25, -0.2) is 18.4 Å². The zero-order valence-electron chi connectivity index (χ0n) is 12.3. The highest BCUT2D eigenvalue weighted by molar-refractivity contribution is 5.80. The lowest BCUT2D eigenvalue weighted by Gasteiger charge is -2.41. The van der Waals surface area contributed by atoms with Crippen molar-refractivity contribution in [3.63, 3.8) is 0 Å². The van der Waals surface area contributed by atoms with E-state index >= 15 is 0 Å². The van der Waals surface area contributed by atoms with Crippen LogP contribution in [0.1, 0.15) is 27.2 Å². The standard InChI is InChI=1S/C13H20F2N2O4/c1-12(2,3)21-11(20)17-5-8-4-13(14,15)7-16(8)6-9(17)10(18)19/h8-9H,4-7H2,1-3H3,(H,18,19). The number of carboxylic acids is 1. The highest BCUT2D eigenvalue weighted by Crippen LogP contribution is 2.35. The first-order valence-electron chi connectivity index (χ1n) is 6.83. The average molecular weight is 306 g/mol. The Bertz CT molecular complexity index is 450. The zero-order valence-corrected chi connectivity index (χ0v) is 12.3. The Morgan fingerprint density at radius 2 is 1.90 bits per heavy atom. The van der Waals surface area contributed by atoms with Gasteiger partial charge in [0.05, 0.1) is 6.54 Å². The molecule has 1 N–H and O–H groups in total. The molecule has 2 aliphatic rings. The summed E-state index contributed by atoms with van der Waals surface area (Å²) in [6.07, 6.45) is -1.14. The van der Waals surface area contributed by atoms with Gasteiger partial charge >= 0.3 is 12.1 Å². The molecular weight excluding hydrogens is 286 g/mol. The van der Waals surface area contributed by atoms with Crippen LogP contribution in [0.5, 0.6) is 0 Å². The van der Waals surface area contributed by atoms with Crippen molar-refractivity contribution in [2.45, 2.75) is 50.8 Å². The molecule has 0 saturated carbocycles. The highest BCUT2D eigenvalue weighted by atomic mass is 19.3. The summed E-state index contributed by atoms with van der Waals surface area (Å²) in [7, 11) is 0. The van der Waals surface area contributed by atoms with Crippen molar-refractivity contribution >= 4 is 12.1 Å². The predicted octanol–water partition coefficient (Wildman–Crippen LogP) is 1.40. The van der Waals surface area contributed by atoms with E-state index < -0.39 is 42.2 Å². The number of alkyl halides is 2. The fourth-order valence-corrected chi connectivity index (χ4v) is 2.77. The molecule has 2 unspecified atom stereocenters. The first kappa shape index (κ1) is 15.9. The first-order valence-corrected chi connectivity index (χ1v) is 6.83. The summed E-state index contributed by atoms with van der Waals surface area (Å²) in [5.41, 5.74) is -0.767. The Morgan fingerprint density at radius 3 is 2.43 bits per heavy atom. The van der Waals surface area contributed by atoms with Crippen LogP contribution < -0.4 is 0 Å². The van der Waals surface area contributed by atoms with E-state index in [2.05, 4.69) is 0 Å². The van der Waals surface area contributed by atoms with Gasteiger partial charge in [0.1, 0.15) is 11.6 Å². The molecule has 0 aromatic rings. The third-order valence-electron chi connectivity index (χ3n) is 3.59. The van der Waals surface area contributed by atoms with Crippen LogP contribution in [0.2, 0.25) is 0 Å². The number of hydrogen-bond donors (Lipinski definition) is 1. The Labute approximate surface area is 121 Å². The summed E-state index contributed by atoms with van der Waals surface area (Å²) < 4.78 is 32.1. The van der Waals surface area contributed by atoms with Gasteiger partial charge in [0.2, 0.25) is 0 Å². The van der Waals surface area contributed by atoms with Crippen LogP contribution in [0.25, 0.3) is 0 Å². The van der Waals surface area contributed by atoms with Gasteiger partial charge in [-0.3, -0.25) is 9.80 Å². The average Bonchev–Trinajstić information content (AvgIpc) is 2.57. The maximum atomic E-state index is 13.5. The van der Waals surface area contributed by atoms with Crippen LogP contribution in [0.4, 0.5) is 13.6 Å².